The summed E-state index contributed by atoms with van der Waals surface area (Å²) in [5.74, 6) is 1.57. The van der Waals surface area contributed by atoms with Gasteiger partial charge in [0.1, 0.15) is 10.5 Å². The molecule has 2 unspecified atom stereocenters. The highest BCUT2D eigenvalue weighted by atomic mass is 32.2. The minimum atomic E-state index is -0.640. The Balaban J connectivity index is 1.86. The minimum absolute atomic E-state index is 0.312. The van der Waals surface area contributed by atoms with E-state index >= 15 is 0 Å². The molecule has 102 valence electrons. The van der Waals surface area contributed by atoms with Gasteiger partial charge in [-0.1, -0.05) is 18.2 Å². The van der Waals surface area contributed by atoms with Crippen LogP contribution in [0, 0.1) is 0 Å². The SMILES string of the molecule is O=C(O)C1(CC2CCOc3ccccc32)CCCS1. The van der Waals surface area contributed by atoms with E-state index in [0.29, 0.717) is 12.5 Å². The van der Waals surface area contributed by atoms with Crippen LogP contribution in [-0.4, -0.2) is 28.2 Å². The summed E-state index contributed by atoms with van der Waals surface area (Å²) < 4.78 is 5.08. The number of carboxylic acid groups (broad SMARTS) is 1. The Kier molecular flexibility index (Phi) is 3.44. The van der Waals surface area contributed by atoms with Crippen LogP contribution < -0.4 is 4.74 Å². The summed E-state index contributed by atoms with van der Waals surface area (Å²) in [6, 6.07) is 8.04. The standard InChI is InChI=1S/C15H18O3S/c16-14(17)15(7-3-9-19-15)10-11-6-8-18-13-5-2-1-4-12(11)13/h1-2,4-5,11H,3,6-10H2,(H,16,17). The molecule has 2 atom stereocenters. The second-order valence-corrected chi connectivity index (χ2v) is 6.81. The Labute approximate surface area is 117 Å². The van der Waals surface area contributed by atoms with Gasteiger partial charge in [-0.3, -0.25) is 4.79 Å². The molecule has 3 rings (SSSR count). The van der Waals surface area contributed by atoms with Crippen LogP contribution in [0.3, 0.4) is 0 Å². The monoisotopic (exact) mass is 278 g/mol. The lowest BCUT2D eigenvalue weighted by Gasteiger charge is -2.32. The second kappa shape index (κ2) is 5.08. The number of fused-ring (bicyclic) bond motifs is 1. The molecule has 0 aromatic heterocycles. The molecule has 19 heavy (non-hydrogen) atoms. The van der Waals surface area contributed by atoms with Crippen LogP contribution in [0.4, 0.5) is 0 Å². The Hall–Kier alpha value is -1.16. The highest BCUT2D eigenvalue weighted by molar-refractivity contribution is 8.01. The Morgan fingerprint density at radius 2 is 2.32 bits per heavy atom. The molecule has 2 aliphatic heterocycles. The molecular formula is C15H18O3S. The van der Waals surface area contributed by atoms with Gasteiger partial charge in [-0.15, -0.1) is 11.8 Å². The number of ether oxygens (including phenoxy) is 1. The van der Waals surface area contributed by atoms with Gasteiger partial charge < -0.3 is 9.84 Å². The molecule has 0 spiro atoms. The van der Waals surface area contributed by atoms with Crippen molar-refractivity contribution in [3.05, 3.63) is 29.8 Å². The number of aliphatic carboxylic acids is 1. The van der Waals surface area contributed by atoms with E-state index in [4.69, 9.17) is 4.74 Å². The third-order valence-electron chi connectivity index (χ3n) is 4.15. The molecule has 1 saturated heterocycles. The van der Waals surface area contributed by atoms with Crippen molar-refractivity contribution in [1.82, 2.24) is 0 Å². The molecule has 1 N–H and O–H groups in total. The molecule has 0 aliphatic carbocycles. The first-order chi connectivity index (χ1) is 9.21. The summed E-state index contributed by atoms with van der Waals surface area (Å²) in [5, 5.41) is 9.59. The number of carboxylic acids is 1. The molecule has 0 radical (unpaired) electrons. The van der Waals surface area contributed by atoms with Crippen molar-refractivity contribution < 1.29 is 14.6 Å². The molecule has 1 aromatic carbocycles. The average molecular weight is 278 g/mol. The van der Waals surface area contributed by atoms with Gasteiger partial charge >= 0.3 is 5.97 Å². The number of para-hydroxylation sites is 1. The summed E-state index contributed by atoms with van der Waals surface area (Å²) in [7, 11) is 0. The topological polar surface area (TPSA) is 46.5 Å². The molecule has 2 aliphatic rings. The van der Waals surface area contributed by atoms with Crippen molar-refractivity contribution in [3.8, 4) is 5.75 Å². The fourth-order valence-electron chi connectivity index (χ4n) is 3.14. The van der Waals surface area contributed by atoms with Crippen molar-refractivity contribution >= 4 is 17.7 Å². The summed E-state index contributed by atoms with van der Waals surface area (Å²) in [6.07, 6.45) is 3.47. The zero-order valence-electron chi connectivity index (χ0n) is 10.8. The predicted octanol–water partition coefficient (Wildman–Crippen LogP) is 3.29. The zero-order valence-corrected chi connectivity index (χ0v) is 11.6. The van der Waals surface area contributed by atoms with Crippen molar-refractivity contribution in [1.29, 1.82) is 0 Å². The predicted molar refractivity (Wildman–Crippen MR) is 76.0 cm³/mol. The fraction of sp³-hybridized carbons (Fsp3) is 0.533. The normalized spacial score (nSPS) is 29.6. The number of rotatable bonds is 3. The van der Waals surface area contributed by atoms with Crippen LogP contribution in [0.1, 0.15) is 37.2 Å². The van der Waals surface area contributed by atoms with E-state index in [9.17, 15) is 9.90 Å². The summed E-state index contributed by atoms with van der Waals surface area (Å²) in [4.78, 5) is 11.7. The van der Waals surface area contributed by atoms with Gasteiger partial charge in [0.2, 0.25) is 0 Å². The van der Waals surface area contributed by atoms with E-state index in [1.807, 2.05) is 18.2 Å². The molecule has 0 saturated carbocycles. The maximum Gasteiger partial charge on any atom is 0.319 e. The van der Waals surface area contributed by atoms with E-state index in [1.54, 1.807) is 11.8 Å². The van der Waals surface area contributed by atoms with Crippen LogP contribution in [0.2, 0.25) is 0 Å². The summed E-state index contributed by atoms with van der Waals surface area (Å²) >= 11 is 1.63. The summed E-state index contributed by atoms with van der Waals surface area (Å²) in [5.41, 5.74) is 1.18. The molecule has 1 aromatic rings. The number of hydrogen-bond acceptors (Lipinski definition) is 3. The van der Waals surface area contributed by atoms with E-state index in [1.165, 1.54) is 5.56 Å². The van der Waals surface area contributed by atoms with Crippen LogP contribution in [0.5, 0.6) is 5.75 Å². The van der Waals surface area contributed by atoms with Crippen LogP contribution in [0.25, 0.3) is 0 Å². The van der Waals surface area contributed by atoms with Gasteiger partial charge in [0.15, 0.2) is 0 Å². The molecule has 0 amide bonds. The van der Waals surface area contributed by atoms with Gasteiger partial charge in [0, 0.05) is 0 Å². The highest BCUT2D eigenvalue weighted by Gasteiger charge is 2.44. The van der Waals surface area contributed by atoms with E-state index in [0.717, 1.165) is 37.2 Å². The van der Waals surface area contributed by atoms with E-state index in [-0.39, 0.29) is 0 Å². The Morgan fingerprint density at radius 1 is 1.47 bits per heavy atom. The minimum Gasteiger partial charge on any atom is -0.493 e. The van der Waals surface area contributed by atoms with Crippen LogP contribution >= 0.6 is 11.8 Å². The number of thioether (sulfide) groups is 1. The molecule has 2 heterocycles. The summed E-state index contributed by atoms with van der Waals surface area (Å²) in [6.45, 7) is 0.696. The number of hydrogen-bond donors (Lipinski definition) is 1. The van der Waals surface area contributed by atoms with Crippen LogP contribution in [0.15, 0.2) is 24.3 Å². The molecule has 0 bridgehead atoms. The largest absolute Gasteiger partial charge is 0.493 e. The quantitative estimate of drug-likeness (QED) is 0.921. The van der Waals surface area contributed by atoms with Crippen molar-refractivity contribution in [2.75, 3.05) is 12.4 Å². The van der Waals surface area contributed by atoms with Gasteiger partial charge in [-0.05, 0) is 49.0 Å². The third kappa shape index (κ3) is 2.34. The number of carbonyl (C=O) groups is 1. The van der Waals surface area contributed by atoms with Gasteiger partial charge in [0.05, 0.1) is 6.61 Å². The first kappa shape index (κ1) is 12.9. The maximum absolute atomic E-state index is 11.7. The van der Waals surface area contributed by atoms with Crippen molar-refractivity contribution in [2.45, 2.75) is 36.3 Å². The maximum atomic E-state index is 11.7. The lowest BCUT2D eigenvalue weighted by atomic mass is 9.83. The number of benzene rings is 1. The second-order valence-electron chi connectivity index (χ2n) is 5.33. The zero-order chi connectivity index (χ0) is 13.3. The molecule has 1 fully saturated rings. The van der Waals surface area contributed by atoms with Gasteiger partial charge in [0.25, 0.3) is 0 Å². The average Bonchev–Trinajstić information content (AvgIpc) is 2.89. The van der Waals surface area contributed by atoms with E-state index in [2.05, 4.69) is 6.07 Å². The lowest BCUT2D eigenvalue weighted by molar-refractivity contribution is -0.140. The smallest absolute Gasteiger partial charge is 0.319 e. The molecule has 4 heteroatoms. The molecule has 3 nitrogen and oxygen atoms in total. The Bertz CT molecular complexity index is 480. The van der Waals surface area contributed by atoms with Gasteiger partial charge in [-0.25, -0.2) is 0 Å². The highest BCUT2D eigenvalue weighted by Crippen LogP contribution is 2.48. The first-order valence-corrected chi connectivity index (χ1v) is 7.79. The first-order valence-electron chi connectivity index (χ1n) is 6.80. The Morgan fingerprint density at radius 3 is 3.05 bits per heavy atom. The van der Waals surface area contributed by atoms with Crippen LogP contribution in [-0.2, 0) is 4.79 Å². The van der Waals surface area contributed by atoms with Crippen molar-refractivity contribution in [3.63, 3.8) is 0 Å². The van der Waals surface area contributed by atoms with E-state index < -0.39 is 10.7 Å². The molecular weight excluding hydrogens is 260 g/mol. The van der Waals surface area contributed by atoms with Gasteiger partial charge in [-0.2, -0.15) is 0 Å². The fourth-order valence-corrected chi connectivity index (χ4v) is 4.55. The van der Waals surface area contributed by atoms with Crippen molar-refractivity contribution in [2.24, 2.45) is 0 Å². The lowest BCUT2D eigenvalue weighted by Crippen LogP contribution is -2.35. The third-order valence-corrected chi connectivity index (χ3v) is 5.74.